The molecule has 60 valence electrons. The molecule has 0 aliphatic heterocycles. The first-order valence-electron chi connectivity index (χ1n) is 3.65. The van der Waals surface area contributed by atoms with Gasteiger partial charge in [-0.25, -0.2) is 4.39 Å². The number of benzene rings is 2. The fourth-order valence-corrected chi connectivity index (χ4v) is 1.28. The van der Waals surface area contributed by atoms with Crippen molar-refractivity contribution >= 4 is 10.8 Å². The Morgan fingerprint density at radius 1 is 1.00 bits per heavy atom. The molecule has 0 amide bonds. The Morgan fingerprint density at radius 2 is 1.67 bits per heavy atom. The molecule has 0 aliphatic rings. The summed E-state index contributed by atoms with van der Waals surface area (Å²) in [6.45, 7) is 0. The van der Waals surface area contributed by atoms with E-state index in [1.165, 1.54) is 12.1 Å². The van der Waals surface area contributed by atoms with Gasteiger partial charge in [-0.1, -0.05) is 24.3 Å². The highest BCUT2D eigenvalue weighted by Gasteiger charge is 2.02. The molecule has 0 heterocycles. The molecule has 0 fully saturated rings. The van der Waals surface area contributed by atoms with Crippen LogP contribution >= 0.6 is 0 Å². The summed E-state index contributed by atoms with van der Waals surface area (Å²) in [6, 6.07) is 9.65. The van der Waals surface area contributed by atoms with Crippen LogP contribution in [0.3, 0.4) is 0 Å². The van der Waals surface area contributed by atoms with E-state index < -0.39 is 0 Å². The number of hydrogen-bond donors (Lipinski definition) is 1. The zero-order chi connectivity index (χ0) is 8.55. The highest BCUT2D eigenvalue weighted by atomic mass is 19.1. The Kier molecular flexibility index (Phi) is 1.47. The predicted octanol–water partition coefficient (Wildman–Crippen LogP) is 2.68. The summed E-state index contributed by atoms with van der Waals surface area (Å²) in [5, 5.41) is 10.3. The van der Waals surface area contributed by atoms with Crippen molar-refractivity contribution in [3.05, 3.63) is 42.2 Å². The number of phenols is 1. The van der Waals surface area contributed by atoms with Gasteiger partial charge in [0.05, 0.1) is 5.39 Å². The van der Waals surface area contributed by atoms with E-state index in [1.54, 1.807) is 24.3 Å². The Morgan fingerprint density at radius 3 is 2.33 bits per heavy atom. The van der Waals surface area contributed by atoms with Crippen LogP contribution in [0.15, 0.2) is 36.4 Å². The maximum atomic E-state index is 13.1. The van der Waals surface area contributed by atoms with Crippen LogP contribution in [-0.4, -0.2) is 5.11 Å². The fraction of sp³-hybridized carbons (Fsp3) is 0. The van der Waals surface area contributed by atoms with Crippen LogP contribution < -0.4 is 0 Å². The lowest BCUT2D eigenvalue weighted by atomic mass is 10.1. The topological polar surface area (TPSA) is 20.2 Å². The Labute approximate surface area is 69.1 Å². The first kappa shape index (κ1) is 7.10. The Bertz CT molecular complexity index is 386. The number of hydrogen-bond acceptors (Lipinski definition) is 1. The third-order valence-corrected chi connectivity index (χ3v) is 1.83. The lowest BCUT2D eigenvalue weighted by Gasteiger charge is -2.00. The number of phenolic OH excluding ortho intramolecular Hbond substituents is 1. The zero-order valence-electron chi connectivity index (χ0n) is 6.29. The van der Waals surface area contributed by atoms with Crippen LogP contribution in [0, 0.1) is 5.82 Å². The molecule has 2 aromatic rings. The standard InChI is InChI=1S/C10H7FO/c11-8-5-1-3-7-4-2-6-9(12)10(7)8/h1-6,12H. The maximum Gasteiger partial charge on any atom is 0.134 e. The molecule has 2 heteroatoms. The van der Waals surface area contributed by atoms with Gasteiger partial charge in [-0.3, -0.25) is 0 Å². The van der Waals surface area contributed by atoms with Crippen molar-refractivity contribution in [3.63, 3.8) is 0 Å². The van der Waals surface area contributed by atoms with Crippen LogP contribution in [0.4, 0.5) is 4.39 Å². The molecule has 2 aromatic carbocycles. The van der Waals surface area contributed by atoms with Gasteiger partial charge < -0.3 is 5.11 Å². The van der Waals surface area contributed by atoms with Gasteiger partial charge in [-0.2, -0.15) is 0 Å². The van der Waals surface area contributed by atoms with E-state index in [0.29, 0.717) is 5.39 Å². The van der Waals surface area contributed by atoms with Gasteiger partial charge in [0.15, 0.2) is 0 Å². The van der Waals surface area contributed by atoms with Crippen molar-refractivity contribution in [2.75, 3.05) is 0 Å². The van der Waals surface area contributed by atoms with Gasteiger partial charge in [0.25, 0.3) is 0 Å². The van der Waals surface area contributed by atoms with E-state index >= 15 is 0 Å². The molecule has 1 nitrogen and oxygen atoms in total. The maximum absolute atomic E-state index is 13.1. The third-order valence-electron chi connectivity index (χ3n) is 1.83. The van der Waals surface area contributed by atoms with Gasteiger partial charge >= 0.3 is 0 Å². The van der Waals surface area contributed by atoms with Crippen LogP contribution in [-0.2, 0) is 0 Å². The second kappa shape index (κ2) is 2.48. The molecule has 12 heavy (non-hydrogen) atoms. The van der Waals surface area contributed by atoms with E-state index in [4.69, 9.17) is 0 Å². The molecule has 0 bridgehead atoms. The van der Waals surface area contributed by atoms with Gasteiger partial charge in [-0.05, 0) is 17.5 Å². The molecule has 2 rings (SSSR count). The van der Waals surface area contributed by atoms with Gasteiger partial charge in [-0.15, -0.1) is 0 Å². The number of fused-ring (bicyclic) bond motifs is 1. The lowest BCUT2D eigenvalue weighted by Crippen LogP contribution is -1.78. The van der Waals surface area contributed by atoms with Crippen LogP contribution in [0.2, 0.25) is 0 Å². The minimum Gasteiger partial charge on any atom is -0.507 e. The van der Waals surface area contributed by atoms with Crippen molar-refractivity contribution in [1.29, 1.82) is 0 Å². The number of rotatable bonds is 0. The summed E-state index contributed by atoms with van der Waals surface area (Å²) in [5.74, 6) is -0.392. The highest BCUT2D eigenvalue weighted by molar-refractivity contribution is 5.88. The first-order valence-corrected chi connectivity index (χ1v) is 3.65. The molecular formula is C10H7FO. The summed E-state index contributed by atoms with van der Waals surface area (Å²) in [6.07, 6.45) is 0. The second-order valence-corrected chi connectivity index (χ2v) is 2.62. The highest BCUT2D eigenvalue weighted by Crippen LogP contribution is 2.26. The van der Waals surface area contributed by atoms with Crippen LogP contribution in [0.5, 0.6) is 5.75 Å². The molecular weight excluding hydrogens is 155 g/mol. The summed E-state index contributed by atoms with van der Waals surface area (Å²) in [4.78, 5) is 0. The molecule has 0 aromatic heterocycles. The summed E-state index contributed by atoms with van der Waals surface area (Å²) in [7, 11) is 0. The smallest absolute Gasteiger partial charge is 0.134 e. The Hall–Kier alpha value is -1.57. The van der Waals surface area contributed by atoms with Crippen molar-refractivity contribution in [2.45, 2.75) is 0 Å². The molecule has 0 unspecified atom stereocenters. The minimum absolute atomic E-state index is 0.00870. The van der Waals surface area contributed by atoms with Crippen molar-refractivity contribution in [1.82, 2.24) is 0 Å². The molecule has 0 saturated carbocycles. The summed E-state index contributed by atoms with van der Waals surface area (Å²) < 4.78 is 13.1. The van der Waals surface area contributed by atoms with E-state index in [2.05, 4.69) is 0 Å². The largest absolute Gasteiger partial charge is 0.507 e. The van der Waals surface area contributed by atoms with Crippen molar-refractivity contribution in [3.8, 4) is 5.75 Å². The average Bonchev–Trinajstić information content (AvgIpc) is 2.04. The lowest BCUT2D eigenvalue weighted by molar-refractivity contribution is 0.478. The second-order valence-electron chi connectivity index (χ2n) is 2.62. The minimum atomic E-state index is -0.384. The SMILES string of the molecule is Oc1cccc2cccc(F)c12. The van der Waals surface area contributed by atoms with E-state index in [-0.39, 0.29) is 11.6 Å². The monoisotopic (exact) mass is 162 g/mol. The summed E-state index contributed by atoms with van der Waals surface area (Å²) in [5.41, 5.74) is 0. The zero-order valence-corrected chi connectivity index (χ0v) is 6.29. The van der Waals surface area contributed by atoms with Gasteiger partial charge in [0.2, 0.25) is 0 Å². The Balaban J connectivity index is 2.96. The normalized spacial score (nSPS) is 10.4. The molecule has 1 N–H and O–H groups in total. The number of aromatic hydroxyl groups is 1. The first-order chi connectivity index (χ1) is 5.79. The van der Waals surface area contributed by atoms with Crippen LogP contribution in [0.25, 0.3) is 10.8 Å². The number of halogens is 1. The van der Waals surface area contributed by atoms with Gasteiger partial charge in [0.1, 0.15) is 11.6 Å². The average molecular weight is 162 g/mol. The van der Waals surface area contributed by atoms with E-state index in [1.807, 2.05) is 0 Å². The van der Waals surface area contributed by atoms with Crippen molar-refractivity contribution in [2.24, 2.45) is 0 Å². The van der Waals surface area contributed by atoms with E-state index in [0.717, 1.165) is 5.39 Å². The molecule has 0 aliphatic carbocycles. The van der Waals surface area contributed by atoms with Crippen LogP contribution in [0.1, 0.15) is 0 Å². The predicted molar refractivity (Wildman–Crippen MR) is 45.6 cm³/mol. The van der Waals surface area contributed by atoms with E-state index in [9.17, 15) is 9.50 Å². The molecule has 0 atom stereocenters. The van der Waals surface area contributed by atoms with Gasteiger partial charge in [0, 0.05) is 0 Å². The molecule has 0 saturated heterocycles. The summed E-state index contributed by atoms with van der Waals surface area (Å²) >= 11 is 0. The fourth-order valence-electron chi connectivity index (χ4n) is 1.28. The van der Waals surface area contributed by atoms with Crippen molar-refractivity contribution < 1.29 is 9.50 Å². The third kappa shape index (κ3) is 0.925. The molecule has 0 radical (unpaired) electrons. The molecule has 0 spiro atoms. The quantitative estimate of drug-likeness (QED) is 0.631.